The second kappa shape index (κ2) is 11.1. The van der Waals surface area contributed by atoms with Crippen LogP contribution < -0.4 is 5.43 Å². The van der Waals surface area contributed by atoms with Crippen molar-refractivity contribution in [2.24, 2.45) is 5.10 Å². The van der Waals surface area contributed by atoms with Crippen molar-refractivity contribution < 1.29 is 14.7 Å². The smallest absolute Gasteiger partial charge is 0.271 e. The summed E-state index contributed by atoms with van der Waals surface area (Å²) in [5.41, 5.74) is 4.42. The first kappa shape index (κ1) is 23.8. The Labute approximate surface area is 197 Å². The summed E-state index contributed by atoms with van der Waals surface area (Å²) in [6.07, 6.45) is 5.19. The molecule has 2 N–H and O–H groups in total. The molecule has 0 saturated heterocycles. The van der Waals surface area contributed by atoms with Gasteiger partial charge in [-0.25, -0.2) is 5.43 Å². The van der Waals surface area contributed by atoms with E-state index in [0.29, 0.717) is 13.1 Å². The maximum absolute atomic E-state index is 12.8. The average Bonchev–Trinajstić information content (AvgIpc) is 2.81. The van der Waals surface area contributed by atoms with Crippen LogP contribution in [-0.2, 0) is 11.2 Å². The van der Waals surface area contributed by atoms with Crippen LogP contribution in [-0.4, -0.2) is 41.1 Å². The number of hydrogen-bond donors (Lipinski definition) is 2. The van der Waals surface area contributed by atoms with Gasteiger partial charge in [0.05, 0.1) is 17.7 Å². The van der Waals surface area contributed by atoms with Crippen LogP contribution in [0.1, 0.15) is 21.5 Å². The lowest BCUT2D eigenvalue weighted by atomic mass is 9.98. The van der Waals surface area contributed by atoms with Crippen molar-refractivity contribution in [3.8, 4) is 5.75 Å². The van der Waals surface area contributed by atoms with Gasteiger partial charge in [0, 0.05) is 24.2 Å². The number of benzene rings is 3. The molecule has 0 aliphatic carbocycles. The number of nitrogens with zero attached hydrogens (tertiary/aromatic N) is 2. The molecule has 0 saturated carbocycles. The molecular formula is C26H24ClN3O3. The first-order chi connectivity index (χ1) is 15.9. The molecule has 2 amide bonds. The third kappa shape index (κ3) is 5.87. The molecule has 33 heavy (non-hydrogen) atoms. The third-order valence-corrected chi connectivity index (χ3v) is 5.32. The van der Waals surface area contributed by atoms with Gasteiger partial charge in [0.2, 0.25) is 5.91 Å². The Kier molecular flexibility index (Phi) is 8.00. The Morgan fingerprint density at radius 1 is 1.03 bits per heavy atom. The van der Waals surface area contributed by atoms with Crippen molar-refractivity contribution in [3.05, 3.63) is 102 Å². The molecule has 0 aromatic heterocycles. The molecule has 0 heterocycles. The summed E-state index contributed by atoms with van der Waals surface area (Å²) in [6, 6.07) is 15.6. The second-order valence-corrected chi connectivity index (χ2v) is 7.68. The first-order valence-electron chi connectivity index (χ1n) is 10.3. The number of carbonyl (C=O) groups excluding carboxylic acids is 2. The van der Waals surface area contributed by atoms with Gasteiger partial charge in [-0.15, -0.1) is 13.2 Å². The number of phenols is 1. The van der Waals surface area contributed by atoms with Crippen LogP contribution in [0.3, 0.4) is 0 Å². The van der Waals surface area contributed by atoms with Gasteiger partial charge in [0.15, 0.2) is 0 Å². The van der Waals surface area contributed by atoms with Gasteiger partial charge in [0.1, 0.15) is 5.75 Å². The predicted octanol–water partition coefficient (Wildman–Crippen LogP) is 4.71. The van der Waals surface area contributed by atoms with E-state index in [0.717, 1.165) is 21.9 Å². The molecule has 0 bridgehead atoms. The van der Waals surface area contributed by atoms with E-state index in [9.17, 15) is 14.7 Å². The van der Waals surface area contributed by atoms with E-state index in [1.807, 2.05) is 36.4 Å². The third-order valence-electron chi connectivity index (χ3n) is 5.02. The summed E-state index contributed by atoms with van der Waals surface area (Å²) < 4.78 is 0. The van der Waals surface area contributed by atoms with E-state index in [1.165, 1.54) is 18.2 Å². The number of carbonyl (C=O) groups is 2. The summed E-state index contributed by atoms with van der Waals surface area (Å²) in [5.74, 6) is -0.566. The Bertz CT molecular complexity index is 1230. The molecule has 3 rings (SSSR count). The van der Waals surface area contributed by atoms with Crippen LogP contribution in [0.2, 0.25) is 5.02 Å². The number of phenolic OH excluding ortho intramolecular Hbond substituents is 1. The highest BCUT2D eigenvalue weighted by atomic mass is 35.5. The number of aromatic hydroxyl groups is 1. The lowest BCUT2D eigenvalue weighted by Crippen LogP contribution is -2.32. The number of nitrogens with one attached hydrogen (secondary N) is 1. The molecule has 7 heteroatoms. The van der Waals surface area contributed by atoms with E-state index in [1.54, 1.807) is 23.3 Å². The normalized spacial score (nSPS) is 10.8. The van der Waals surface area contributed by atoms with E-state index in [2.05, 4.69) is 23.7 Å². The van der Waals surface area contributed by atoms with Crippen molar-refractivity contribution in [1.29, 1.82) is 0 Å². The van der Waals surface area contributed by atoms with Gasteiger partial charge < -0.3 is 10.0 Å². The molecule has 3 aromatic rings. The Morgan fingerprint density at radius 3 is 2.39 bits per heavy atom. The van der Waals surface area contributed by atoms with Crippen molar-refractivity contribution in [2.75, 3.05) is 13.1 Å². The van der Waals surface area contributed by atoms with Crippen LogP contribution in [0, 0.1) is 0 Å². The van der Waals surface area contributed by atoms with Gasteiger partial charge in [-0.05, 0) is 34.5 Å². The minimum absolute atomic E-state index is 0.0128. The summed E-state index contributed by atoms with van der Waals surface area (Å²) in [4.78, 5) is 26.8. The molecule has 0 aliphatic heterocycles. The molecule has 0 spiro atoms. The van der Waals surface area contributed by atoms with Crippen molar-refractivity contribution in [2.45, 2.75) is 6.42 Å². The Hall–Kier alpha value is -3.90. The zero-order chi connectivity index (χ0) is 23.8. The van der Waals surface area contributed by atoms with Gasteiger partial charge in [-0.2, -0.15) is 5.10 Å². The van der Waals surface area contributed by atoms with Crippen LogP contribution >= 0.6 is 11.6 Å². The zero-order valence-corrected chi connectivity index (χ0v) is 18.8. The fourth-order valence-electron chi connectivity index (χ4n) is 3.39. The van der Waals surface area contributed by atoms with E-state index in [4.69, 9.17) is 11.6 Å². The van der Waals surface area contributed by atoms with Gasteiger partial charge >= 0.3 is 0 Å². The molecule has 0 radical (unpaired) electrons. The number of amides is 2. The highest BCUT2D eigenvalue weighted by Crippen LogP contribution is 2.24. The minimum atomic E-state index is -0.454. The van der Waals surface area contributed by atoms with Crippen LogP contribution in [0.15, 0.2) is 85.0 Å². The molecule has 6 nitrogen and oxygen atoms in total. The summed E-state index contributed by atoms with van der Waals surface area (Å²) >= 11 is 5.85. The highest BCUT2D eigenvalue weighted by Gasteiger charge is 2.14. The minimum Gasteiger partial charge on any atom is -0.506 e. The SMILES string of the molecule is C=CCN(CC=C)C(=O)Cc1ccc(C=NNC(=O)c2ccc(O)c(Cl)c2)c2ccccc12. The van der Waals surface area contributed by atoms with Gasteiger partial charge in [0.25, 0.3) is 5.91 Å². The molecule has 0 aliphatic rings. The summed E-state index contributed by atoms with van der Waals surface area (Å²) in [5, 5.41) is 15.5. The highest BCUT2D eigenvalue weighted by molar-refractivity contribution is 6.32. The zero-order valence-electron chi connectivity index (χ0n) is 18.0. The molecular weight excluding hydrogens is 438 g/mol. The van der Waals surface area contributed by atoms with Crippen LogP contribution in [0.5, 0.6) is 5.75 Å². The lowest BCUT2D eigenvalue weighted by molar-refractivity contribution is -0.129. The van der Waals surface area contributed by atoms with Crippen LogP contribution in [0.4, 0.5) is 0 Å². The number of hydrazone groups is 1. The quantitative estimate of drug-likeness (QED) is 0.275. The second-order valence-electron chi connectivity index (χ2n) is 7.28. The topological polar surface area (TPSA) is 82.0 Å². The van der Waals surface area contributed by atoms with Crippen molar-refractivity contribution in [3.63, 3.8) is 0 Å². The molecule has 168 valence electrons. The fourth-order valence-corrected chi connectivity index (χ4v) is 3.57. The largest absolute Gasteiger partial charge is 0.506 e. The Balaban J connectivity index is 1.80. The molecule has 3 aromatic carbocycles. The van der Waals surface area contributed by atoms with E-state index >= 15 is 0 Å². The maximum Gasteiger partial charge on any atom is 0.271 e. The standard InChI is InChI=1S/C26H24ClN3O3/c1-3-13-30(14-4-2)25(32)16-18-9-10-20(22-8-6-5-7-21(18)22)17-28-29-26(33)19-11-12-24(31)23(27)15-19/h3-12,15,17,31H,1-2,13-14,16H2,(H,29,33). The summed E-state index contributed by atoms with van der Waals surface area (Å²) in [6.45, 7) is 8.34. The lowest BCUT2D eigenvalue weighted by Gasteiger charge is -2.20. The fraction of sp³-hybridized carbons (Fsp3) is 0.115. The average molecular weight is 462 g/mol. The van der Waals surface area contributed by atoms with E-state index in [-0.39, 0.29) is 28.7 Å². The predicted molar refractivity (Wildman–Crippen MR) is 133 cm³/mol. The monoisotopic (exact) mass is 461 g/mol. The van der Waals surface area contributed by atoms with Gasteiger partial charge in [-0.3, -0.25) is 9.59 Å². The number of rotatable bonds is 9. The van der Waals surface area contributed by atoms with Crippen LogP contribution in [0.25, 0.3) is 10.8 Å². The maximum atomic E-state index is 12.8. The van der Waals surface area contributed by atoms with E-state index < -0.39 is 5.91 Å². The first-order valence-corrected chi connectivity index (χ1v) is 10.6. The number of hydrogen-bond acceptors (Lipinski definition) is 4. The number of halogens is 1. The number of fused-ring (bicyclic) bond motifs is 1. The Morgan fingerprint density at radius 2 is 1.73 bits per heavy atom. The van der Waals surface area contributed by atoms with Crippen molar-refractivity contribution in [1.82, 2.24) is 10.3 Å². The van der Waals surface area contributed by atoms with Crippen molar-refractivity contribution >= 4 is 40.4 Å². The molecule has 0 atom stereocenters. The molecule has 0 fully saturated rings. The molecule has 0 unspecified atom stereocenters. The van der Waals surface area contributed by atoms with Gasteiger partial charge in [-0.1, -0.05) is 60.2 Å². The summed E-state index contributed by atoms with van der Waals surface area (Å²) in [7, 11) is 0.